The number of carbonyl (C=O) groups is 2. The first-order valence-electron chi connectivity index (χ1n) is 14.9. The Morgan fingerprint density at radius 1 is 0.975 bits per heavy atom. The van der Waals surface area contributed by atoms with E-state index in [1.54, 1.807) is 11.8 Å². The molecule has 3 atom stereocenters. The van der Waals surface area contributed by atoms with Crippen LogP contribution < -0.4 is 5.32 Å². The fourth-order valence-corrected chi connectivity index (χ4v) is 7.84. The average Bonchev–Trinajstić information content (AvgIpc) is 3.32. The fourth-order valence-electron chi connectivity index (χ4n) is 6.63. The van der Waals surface area contributed by atoms with Crippen LogP contribution in [0.1, 0.15) is 79.3 Å². The van der Waals surface area contributed by atoms with E-state index in [2.05, 4.69) is 47.7 Å². The van der Waals surface area contributed by atoms with E-state index < -0.39 is 12.0 Å². The van der Waals surface area contributed by atoms with Crippen molar-refractivity contribution in [3.05, 3.63) is 59.2 Å². The normalized spacial score (nSPS) is 20.9. The second-order valence-electron chi connectivity index (χ2n) is 11.6. The van der Waals surface area contributed by atoms with Crippen LogP contribution in [0.15, 0.2) is 42.5 Å². The van der Waals surface area contributed by atoms with Gasteiger partial charge in [0.05, 0.1) is 0 Å². The summed E-state index contributed by atoms with van der Waals surface area (Å²) in [6, 6.07) is 14.6. The van der Waals surface area contributed by atoms with Gasteiger partial charge in [-0.15, -0.1) is 0 Å². The zero-order valence-corrected chi connectivity index (χ0v) is 26.0. The molecule has 0 radical (unpaired) electrons. The van der Waals surface area contributed by atoms with E-state index in [4.69, 9.17) is 0 Å². The van der Waals surface area contributed by atoms with Crippen molar-refractivity contribution in [2.24, 2.45) is 5.92 Å². The lowest BCUT2D eigenvalue weighted by Crippen LogP contribution is -2.41. The Morgan fingerprint density at radius 2 is 1.73 bits per heavy atom. The summed E-state index contributed by atoms with van der Waals surface area (Å²) in [5.74, 6) is 1.37. The van der Waals surface area contributed by atoms with Gasteiger partial charge in [-0.3, -0.25) is 9.69 Å². The van der Waals surface area contributed by atoms with Crippen LogP contribution in [-0.2, 0) is 11.3 Å². The zero-order chi connectivity index (χ0) is 28.5. The van der Waals surface area contributed by atoms with Gasteiger partial charge >= 0.3 is 5.97 Å². The molecule has 2 aromatic carbocycles. The number of hydrogen-bond donors (Lipinski definition) is 2. The summed E-state index contributed by atoms with van der Waals surface area (Å²) in [6.45, 7) is 2.95. The van der Waals surface area contributed by atoms with E-state index in [1.807, 2.05) is 36.2 Å². The Hall–Kier alpha value is -1.96. The molecule has 1 aliphatic carbocycles. The van der Waals surface area contributed by atoms with Gasteiger partial charge in [-0.2, -0.15) is 23.5 Å². The van der Waals surface area contributed by atoms with Crippen LogP contribution in [0.3, 0.4) is 0 Å². The Bertz CT molecular complexity index is 1130. The van der Waals surface area contributed by atoms with Gasteiger partial charge in [-0.25, -0.2) is 4.79 Å². The SMILES string of the molecule is CSCC[C@H](NC(=O)c1ccc(CN2[C@H](CSC)CC[C@H]2CC2CCCCC2)cc1-c1ccccc1C)C(=O)O. The van der Waals surface area contributed by atoms with Crippen molar-refractivity contribution in [1.82, 2.24) is 10.2 Å². The maximum absolute atomic E-state index is 13.5. The molecular formula is C33H46N2O3S2. The summed E-state index contributed by atoms with van der Waals surface area (Å²) < 4.78 is 0. The number of aliphatic carboxylic acids is 1. The average molecular weight is 583 g/mol. The minimum absolute atomic E-state index is 0.324. The van der Waals surface area contributed by atoms with Gasteiger partial charge in [0.15, 0.2) is 0 Å². The van der Waals surface area contributed by atoms with Crippen LogP contribution in [-0.4, -0.2) is 64.0 Å². The number of aryl methyl sites for hydroxylation is 1. The second kappa shape index (κ2) is 15.3. The molecule has 2 N–H and O–H groups in total. The Balaban J connectivity index is 1.62. The highest BCUT2D eigenvalue weighted by molar-refractivity contribution is 7.98. The third kappa shape index (κ3) is 8.07. The molecule has 0 bridgehead atoms. The zero-order valence-electron chi connectivity index (χ0n) is 24.4. The van der Waals surface area contributed by atoms with Crippen molar-refractivity contribution >= 4 is 35.4 Å². The van der Waals surface area contributed by atoms with Gasteiger partial charge in [-0.05, 0) is 91.2 Å². The highest BCUT2D eigenvalue weighted by Gasteiger charge is 2.35. The van der Waals surface area contributed by atoms with Gasteiger partial charge in [0.25, 0.3) is 5.91 Å². The lowest BCUT2D eigenvalue weighted by Gasteiger charge is -2.33. The lowest BCUT2D eigenvalue weighted by atomic mass is 9.84. The summed E-state index contributed by atoms with van der Waals surface area (Å²) in [5.41, 5.74) is 4.75. The number of nitrogens with zero attached hydrogens (tertiary/aromatic N) is 1. The molecule has 218 valence electrons. The number of benzene rings is 2. The molecule has 1 heterocycles. The number of nitrogens with one attached hydrogen (secondary N) is 1. The lowest BCUT2D eigenvalue weighted by molar-refractivity contribution is -0.139. The molecule has 40 heavy (non-hydrogen) atoms. The highest BCUT2D eigenvalue weighted by Crippen LogP contribution is 2.37. The predicted molar refractivity (Wildman–Crippen MR) is 170 cm³/mol. The monoisotopic (exact) mass is 582 g/mol. The molecule has 4 rings (SSSR count). The minimum atomic E-state index is -0.991. The number of carboxylic acid groups (broad SMARTS) is 1. The van der Waals surface area contributed by atoms with Crippen molar-refractivity contribution in [3.8, 4) is 11.1 Å². The van der Waals surface area contributed by atoms with Crippen molar-refractivity contribution in [2.45, 2.75) is 89.4 Å². The van der Waals surface area contributed by atoms with Gasteiger partial charge < -0.3 is 10.4 Å². The Labute approximate surface area is 249 Å². The predicted octanol–water partition coefficient (Wildman–Crippen LogP) is 7.26. The maximum Gasteiger partial charge on any atom is 0.326 e. The summed E-state index contributed by atoms with van der Waals surface area (Å²) in [6.07, 6.45) is 15.3. The summed E-state index contributed by atoms with van der Waals surface area (Å²) in [4.78, 5) is 28.1. The summed E-state index contributed by atoms with van der Waals surface area (Å²) in [7, 11) is 0. The Morgan fingerprint density at radius 3 is 2.42 bits per heavy atom. The number of carboxylic acids is 1. The smallest absolute Gasteiger partial charge is 0.326 e. The van der Waals surface area contributed by atoms with Crippen LogP contribution in [0.25, 0.3) is 11.1 Å². The highest BCUT2D eigenvalue weighted by atomic mass is 32.2. The molecule has 1 saturated carbocycles. The molecule has 0 spiro atoms. The van der Waals surface area contributed by atoms with Crippen molar-refractivity contribution in [1.29, 1.82) is 0 Å². The van der Waals surface area contributed by atoms with Gasteiger partial charge in [0.1, 0.15) is 6.04 Å². The molecule has 5 nitrogen and oxygen atoms in total. The van der Waals surface area contributed by atoms with Gasteiger partial charge in [0.2, 0.25) is 0 Å². The summed E-state index contributed by atoms with van der Waals surface area (Å²) in [5, 5.41) is 12.5. The first-order chi connectivity index (χ1) is 19.4. The number of carbonyl (C=O) groups excluding carboxylic acids is 1. The van der Waals surface area contributed by atoms with E-state index in [1.165, 1.54) is 56.9 Å². The molecular weight excluding hydrogens is 537 g/mol. The first-order valence-corrected chi connectivity index (χ1v) is 17.7. The van der Waals surface area contributed by atoms with Crippen molar-refractivity contribution < 1.29 is 14.7 Å². The molecule has 1 aliphatic heterocycles. The van der Waals surface area contributed by atoms with Crippen molar-refractivity contribution in [2.75, 3.05) is 24.0 Å². The quantitative estimate of drug-likeness (QED) is 0.259. The third-order valence-corrected chi connectivity index (χ3v) is 10.2. The van der Waals surface area contributed by atoms with E-state index >= 15 is 0 Å². The fraction of sp³-hybridized carbons (Fsp3) is 0.576. The van der Waals surface area contributed by atoms with Crippen LogP contribution in [0, 0.1) is 12.8 Å². The second-order valence-corrected chi connectivity index (χ2v) is 13.5. The molecule has 0 aromatic heterocycles. The van der Waals surface area contributed by atoms with Crippen LogP contribution in [0.4, 0.5) is 0 Å². The third-order valence-electron chi connectivity index (χ3n) is 8.80. The standard InChI is InChI=1S/C33H46N2O3S2/c1-23-9-7-8-12-28(23)30-20-25(13-16-29(30)32(36)34-31(33(37)38)17-18-39-2)21-35-26(14-15-27(35)22-40-3)19-24-10-5-4-6-11-24/h7-9,12-13,16,20,24,26-27,31H,4-6,10-11,14-15,17-19,21-22H2,1-3H3,(H,34,36)(H,37,38)/t26-,27-,31-/m0/s1. The number of thioether (sulfide) groups is 2. The van der Waals surface area contributed by atoms with Gasteiger partial charge in [-0.1, -0.05) is 62.4 Å². The first kappa shape index (κ1) is 31.0. The van der Waals surface area contributed by atoms with E-state index in [9.17, 15) is 14.7 Å². The molecule has 2 aromatic rings. The topological polar surface area (TPSA) is 69.6 Å². The van der Waals surface area contributed by atoms with Crippen LogP contribution >= 0.6 is 23.5 Å². The van der Waals surface area contributed by atoms with Crippen LogP contribution in [0.2, 0.25) is 0 Å². The molecule has 0 unspecified atom stereocenters. The Kier molecular flexibility index (Phi) is 11.9. The molecule has 2 aliphatic rings. The van der Waals surface area contributed by atoms with E-state index in [-0.39, 0.29) is 5.91 Å². The van der Waals surface area contributed by atoms with Crippen LogP contribution in [0.5, 0.6) is 0 Å². The largest absolute Gasteiger partial charge is 0.480 e. The summed E-state index contributed by atoms with van der Waals surface area (Å²) >= 11 is 3.52. The minimum Gasteiger partial charge on any atom is -0.480 e. The number of likely N-dealkylation sites (tertiary alicyclic amines) is 1. The molecule has 2 fully saturated rings. The van der Waals surface area contributed by atoms with E-state index in [0.717, 1.165) is 34.9 Å². The molecule has 1 saturated heterocycles. The van der Waals surface area contributed by atoms with Crippen molar-refractivity contribution in [3.63, 3.8) is 0 Å². The molecule has 7 heteroatoms. The van der Waals surface area contributed by atoms with E-state index in [0.29, 0.717) is 29.8 Å². The van der Waals surface area contributed by atoms with Gasteiger partial charge in [0, 0.05) is 29.9 Å². The number of rotatable bonds is 13. The maximum atomic E-state index is 13.5. The number of hydrogen-bond acceptors (Lipinski definition) is 5. The number of amides is 1. The molecule has 1 amide bonds.